The molecule has 0 radical (unpaired) electrons. The largest absolute Gasteiger partial charge is 0.393 e. The third-order valence-electron chi connectivity index (χ3n) is 1.93. The van der Waals surface area contributed by atoms with Gasteiger partial charge in [0.1, 0.15) is 11.3 Å². The summed E-state index contributed by atoms with van der Waals surface area (Å²) in [4.78, 5) is 22.1. The first-order valence-corrected chi connectivity index (χ1v) is 5.33. The highest BCUT2D eigenvalue weighted by molar-refractivity contribution is 7.98. The van der Waals surface area contributed by atoms with Crippen LogP contribution in [0, 0.1) is 10.1 Å². The van der Waals surface area contributed by atoms with Gasteiger partial charge in [-0.05, 0) is 25.3 Å². The molecular formula is C9H10N2O3S. The van der Waals surface area contributed by atoms with Crippen molar-refractivity contribution in [2.45, 2.75) is 11.8 Å². The van der Waals surface area contributed by atoms with E-state index in [-0.39, 0.29) is 22.7 Å². The van der Waals surface area contributed by atoms with Crippen LogP contribution in [0.1, 0.15) is 17.3 Å². The summed E-state index contributed by atoms with van der Waals surface area (Å²) in [5, 5.41) is 10.8. The highest BCUT2D eigenvalue weighted by Gasteiger charge is 2.24. The topological polar surface area (TPSA) is 86.2 Å². The van der Waals surface area contributed by atoms with Gasteiger partial charge in [-0.25, -0.2) is 0 Å². The van der Waals surface area contributed by atoms with E-state index in [1.54, 1.807) is 12.3 Å². The first-order valence-electron chi connectivity index (χ1n) is 4.10. The maximum atomic E-state index is 11.3. The molecular weight excluding hydrogens is 216 g/mol. The number of carbonyl (C=O) groups excluding carboxylic acids is 1. The highest BCUT2D eigenvalue weighted by atomic mass is 32.2. The van der Waals surface area contributed by atoms with Crippen LogP contribution in [-0.4, -0.2) is 17.0 Å². The van der Waals surface area contributed by atoms with Gasteiger partial charge in [0.15, 0.2) is 5.78 Å². The molecule has 0 aromatic heterocycles. The molecule has 0 saturated heterocycles. The number of nitrogens with zero attached hydrogens (tertiary/aromatic N) is 1. The van der Waals surface area contributed by atoms with Crippen LogP contribution in [0.15, 0.2) is 17.0 Å². The fraction of sp³-hybridized carbons (Fsp3) is 0.222. The number of nitrogens with two attached hydrogens (primary N) is 1. The molecule has 0 aliphatic heterocycles. The first-order chi connectivity index (χ1) is 6.99. The standard InChI is InChI=1S/C9H10N2O3S/c1-5(12)8-7(15-2)4-3-6(10)9(8)11(13)14/h3-4H,10H2,1-2H3. The summed E-state index contributed by atoms with van der Waals surface area (Å²) in [7, 11) is 0. The molecule has 0 spiro atoms. The van der Waals surface area contributed by atoms with E-state index in [9.17, 15) is 14.9 Å². The Morgan fingerprint density at radius 2 is 2.13 bits per heavy atom. The fourth-order valence-corrected chi connectivity index (χ4v) is 1.94. The summed E-state index contributed by atoms with van der Waals surface area (Å²) in [5.74, 6) is -0.349. The van der Waals surface area contributed by atoms with E-state index in [0.717, 1.165) is 0 Å². The maximum absolute atomic E-state index is 11.3. The zero-order valence-electron chi connectivity index (χ0n) is 8.31. The van der Waals surface area contributed by atoms with Gasteiger partial charge in [0.25, 0.3) is 0 Å². The van der Waals surface area contributed by atoms with Crippen LogP contribution >= 0.6 is 11.8 Å². The molecule has 2 N–H and O–H groups in total. The monoisotopic (exact) mass is 226 g/mol. The summed E-state index contributed by atoms with van der Waals surface area (Å²) in [5.41, 5.74) is 5.29. The van der Waals surface area contributed by atoms with Gasteiger partial charge in [-0.3, -0.25) is 14.9 Å². The number of hydrogen-bond acceptors (Lipinski definition) is 5. The van der Waals surface area contributed by atoms with Crippen molar-refractivity contribution in [2.75, 3.05) is 12.0 Å². The van der Waals surface area contributed by atoms with Crippen LogP contribution in [0.2, 0.25) is 0 Å². The summed E-state index contributed by atoms with van der Waals surface area (Å²) < 4.78 is 0. The predicted octanol–water partition coefficient (Wildman–Crippen LogP) is 2.10. The van der Waals surface area contributed by atoms with Crippen molar-refractivity contribution in [3.05, 3.63) is 27.8 Å². The van der Waals surface area contributed by atoms with Gasteiger partial charge in [0.05, 0.1) is 4.92 Å². The molecule has 1 aromatic carbocycles. The van der Waals surface area contributed by atoms with E-state index in [1.807, 2.05) is 0 Å². The number of Topliss-reactive ketones (excluding diaryl/α,β-unsaturated/α-hetero) is 1. The van der Waals surface area contributed by atoms with Crippen molar-refractivity contribution in [1.29, 1.82) is 0 Å². The zero-order valence-corrected chi connectivity index (χ0v) is 9.13. The lowest BCUT2D eigenvalue weighted by Gasteiger charge is -2.06. The molecule has 5 nitrogen and oxygen atoms in total. The lowest BCUT2D eigenvalue weighted by Crippen LogP contribution is -2.05. The third kappa shape index (κ3) is 2.10. The minimum atomic E-state index is -0.619. The first kappa shape index (κ1) is 11.5. The number of thioether (sulfide) groups is 1. The molecule has 0 amide bonds. The average molecular weight is 226 g/mol. The van der Waals surface area contributed by atoms with Gasteiger partial charge in [0, 0.05) is 4.90 Å². The minimum Gasteiger partial charge on any atom is -0.393 e. The number of rotatable bonds is 3. The maximum Gasteiger partial charge on any atom is 0.303 e. The normalized spacial score (nSPS) is 10.0. The lowest BCUT2D eigenvalue weighted by atomic mass is 10.1. The number of hydrogen-bond donors (Lipinski definition) is 1. The second-order valence-electron chi connectivity index (χ2n) is 2.89. The number of nitro groups is 1. The van der Waals surface area contributed by atoms with Crippen LogP contribution in [0.5, 0.6) is 0 Å². The minimum absolute atomic E-state index is 0.0167. The fourth-order valence-electron chi connectivity index (χ4n) is 1.30. The summed E-state index contributed by atoms with van der Waals surface area (Å²) in [6.07, 6.45) is 1.75. The summed E-state index contributed by atoms with van der Waals surface area (Å²) in [6.45, 7) is 1.29. The predicted molar refractivity (Wildman–Crippen MR) is 59.3 cm³/mol. The number of benzene rings is 1. The number of anilines is 1. The van der Waals surface area contributed by atoms with Gasteiger partial charge in [-0.15, -0.1) is 11.8 Å². The van der Waals surface area contributed by atoms with Crippen molar-refractivity contribution in [2.24, 2.45) is 0 Å². The molecule has 6 heteroatoms. The van der Waals surface area contributed by atoms with Crippen LogP contribution in [-0.2, 0) is 0 Å². The highest BCUT2D eigenvalue weighted by Crippen LogP contribution is 2.33. The Kier molecular flexibility index (Phi) is 3.31. The molecule has 0 atom stereocenters. The molecule has 1 rings (SSSR count). The van der Waals surface area contributed by atoms with Crippen LogP contribution in [0.4, 0.5) is 11.4 Å². The van der Waals surface area contributed by atoms with E-state index in [1.165, 1.54) is 24.8 Å². The second kappa shape index (κ2) is 4.31. The molecule has 0 aliphatic rings. The smallest absolute Gasteiger partial charge is 0.303 e. The Morgan fingerprint density at radius 1 is 1.53 bits per heavy atom. The Morgan fingerprint density at radius 3 is 2.53 bits per heavy atom. The SMILES string of the molecule is CSc1ccc(N)c([N+](=O)[O-])c1C(C)=O. The summed E-state index contributed by atoms with van der Waals surface area (Å²) in [6, 6.07) is 3.06. The molecule has 0 heterocycles. The molecule has 80 valence electrons. The second-order valence-corrected chi connectivity index (χ2v) is 3.74. The number of ketones is 1. The van der Waals surface area contributed by atoms with E-state index < -0.39 is 4.92 Å². The third-order valence-corrected chi connectivity index (χ3v) is 2.71. The van der Waals surface area contributed by atoms with Gasteiger partial charge >= 0.3 is 5.69 Å². The van der Waals surface area contributed by atoms with Gasteiger partial charge < -0.3 is 5.73 Å². The molecule has 0 bridgehead atoms. The summed E-state index contributed by atoms with van der Waals surface area (Å²) >= 11 is 1.28. The molecule has 1 aromatic rings. The molecule has 0 fully saturated rings. The van der Waals surface area contributed by atoms with Crippen molar-refractivity contribution in [3.63, 3.8) is 0 Å². The van der Waals surface area contributed by atoms with Gasteiger partial charge in [0.2, 0.25) is 0 Å². The zero-order chi connectivity index (χ0) is 11.6. The number of carbonyl (C=O) groups is 1. The van der Waals surface area contributed by atoms with E-state index in [2.05, 4.69) is 0 Å². The van der Waals surface area contributed by atoms with E-state index >= 15 is 0 Å². The average Bonchev–Trinajstić information content (AvgIpc) is 2.16. The van der Waals surface area contributed by atoms with Crippen molar-refractivity contribution in [1.82, 2.24) is 0 Å². The van der Waals surface area contributed by atoms with Crippen LogP contribution in [0.3, 0.4) is 0 Å². The number of nitro benzene ring substituents is 1. The Bertz CT molecular complexity index is 432. The van der Waals surface area contributed by atoms with E-state index in [4.69, 9.17) is 5.73 Å². The molecule has 0 saturated carbocycles. The lowest BCUT2D eigenvalue weighted by molar-refractivity contribution is -0.384. The molecule has 15 heavy (non-hydrogen) atoms. The van der Waals surface area contributed by atoms with Gasteiger partial charge in [-0.2, -0.15) is 0 Å². The molecule has 0 aliphatic carbocycles. The van der Waals surface area contributed by atoms with Crippen molar-refractivity contribution >= 4 is 28.9 Å². The quantitative estimate of drug-likeness (QED) is 0.280. The van der Waals surface area contributed by atoms with Crippen LogP contribution in [0.25, 0.3) is 0 Å². The Balaban J connectivity index is 3.58. The Hall–Kier alpha value is -1.56. The van der Waals surface area contributed by atoms with Crippen LogP contribution < -0.4 is 5.73 Å². The number of nitrogen functional groups attached to an aromatic ring is 1. The van der Waals surface area contributed by atoms with Crippen molar-refractivity contribution < 1.29 is 9.72 Å². The van der Waals surface area contributed by atoms with Gasteiger partial charge in [-0.1, -0.05) is 0 Å². The van der Waals surface area contributed by atoms with Crippen molar-refractivity contribution in [3.8, 4) is 0 Å². The molecule has 0 unspecified atom stereocenters. The van der Waals surface area contributed by atoms with E-state index in [0.29, 0.717) is 4.90 Å². The Labute approximate surface area is 90.8 Å².